The molecule has 0 atom stereocenters. The monoisotopic (exact) mass is 239 g/mol. The maximum absolute atomic E-state index is 13.4. The van der Waals surface area contributed by atoms with E-state index in [1.165, 1.54) is 30.7 Å². The first kappa shape index (κ1) is 10.7. The molecule has 0 aliphatic heterocycles. The molecule has 6 heteroatoms. The fourth-order valence-corrected chi connectivity index (χ4v) is 1.78. The van der Waals surface area contributed by atoms with Gasteiger partial charge < -0.3 is 15.8 Å². The number of anilines is 3. The number of halogens is 1. The molecule has 1 aromatic heterocycles. The van der Waals surface area contributed by atoms with E-state index in [0.717, 1.165) is 0 Å². The summed E-state index contributed by atoms with van der Waals surface area (Å²) in [6.07, 6.45) is 1.52. The number of hydrogen-bond donors (Lipinski definition) is 2. The van der Waals surface area contributed by atoms with Crippen molar-refractivity contribution >= 4 is 27.2 Å². The molecule has 3 N–H and O–H groups in total. The van der Waals surface area contributed by atoms with Gasteiger partial charge in [0.2, 0.25) is 0 Å². The lowest BCUT2D eigenvalue weighted by Crippen LogP contribution is -1.94. The Morgan fingerprint density at radius 1 is 1.50 bits per heavy atom. The van der Waals surface area contributed by atoms with Crippen molar-refractivity contribution < 1.29 is 9.13 Å². The van der Waals surface area contributed by atoms with Crippen molar-refractivity contribution in [3.63, 3.8) is 0 Å². The van der Waals surface area contributed by atoms with E-state index in [-0.39, 0.29) is 5.82 Å². The molecule has 0 aliphatic rings. The largest absolute Gasteiger partial charge is 0.497 e. The zero-order valence-corrected chi connectivity index (χ0v) is 9.34. The third-order valence-corrected chi connectivity index (χ3v) is 2.68. The van der Waals surface area contributed by atoms with Gasteiger partial charge in [0.05, 0.1) is 19.0 Å². The Bertz CT molecular complexity index is 501. The number of ether oxygens (including phenoxy) is 1. The standard InChI is InChI=1S/C10H10FN3OS/c1-15-6-2-3-7(11)8(4-6)14-10-13-5-9(12)16-10/h2-5H,12H2,1H3,(H,13,14). The molecule has 0 saturated carbocycles. The van der Waals surface area contributed by atoms with E-state index >= 15 is 0 Å². The molecular formula is C10H10FN3OS. The summed E-state index contributed by atoms with van der Waals surface area (Å²) >= 11 is 1.25. The van der Waals surface area contributed by atoms with Gasteiger partial charge in [0, 0.05) is 6.07 Å². The maximum atomic E-state index is 13.4. The first-order valence-corrected chi connectivity index (χ1v) is 5.32. The number of nitrogens with zero attached hydrogens (tertiary/aromatic N) is 1. The van der Waals surface area contributed by atoms with Crippen LogP contribution in [0.1, 0.15) is 0 Å². The number of methoxy groups -OCH3 is 1. The highest BCUT2D eigenvalue weighted by molar-refractivity contribution is 7.19. The third-order valence-electron chi connectivity index (χ3n) is 1.94. The van der Waals surface area contributed by atoms with Crippen LogP contribution in [0.5, 0.6) is 5.75 Å². The van der Waals surface area contributed by atoms with E-state index in [1.54, 1.807) is 12.1 Å². The van der Waals surface area contributed by atoms with Gasteiger partial charge in [-0.3, -0.25) is 0 Å². The lowest BCUT2D eigenvalue weighted by atomic mass is 10.3. The Morgan fingerprint density at radius 3 is 2.94 bits per heavy atom. The van der Waals surface area contributed by atoms with Gasteiger partial charge in [0.15, 0.2) is 5.13 Å². The number of nitrogen functional groups attached to an aromatic ring is 1. The highest BCUT2D eigenvalue weighted by atomic mass is 32.1. The zero-order valence-electron chi connectivity index (χ0n) is 8.53. The highest BCUT2D eigenvalue weighted by Crippen LogP contribution is 2.27. The molecule has 0 fully saturated rings. The van der Waals surface area contributed by atoms with Crippen LogP contribution < -0.4 is 15.8 Å². The van der Waals surface area contributed by atoms with Gasteiger partial charge in [-0.25, -0.2) is 9.37 Å². The second kappa shape index (κ2) is 4.36. The molecule has 0 radical (unpaired) electrons. The van der Waals surface area contributed by atoms with E-state index in [1.807, 2.05) is 0 Å². The average molecular weight is 239 g/mol. The molecule has 4 nitrogen and oxygen atoms in total. The molecule has 1 heterocycles. The predicted octanol–water partition coefficient (Wildman–Crippen LogP) is 2.62. The molecule has 0 spiro atoms. The quantitative estimate of drug-likeness (QED) is 0.864. The first-order chi connectivity index (χ1) is 7.69. The Labute approximate surface area is 95.9 Å². The van der Waals surface area contributed by atoms with Gasteiger partial charge in [-0.15, -0.1) is 0 Å². The molecule has 0 saturated heterocycles. The van der Waals surface area contributed by atoms with Gasteiger partial charge in [0.1, 0.15) is 16.6 Å². The summed E-state index contributed by atoms with van der Waals surface area (Å²) in [5, 5.41) is 3.96. The summed E-state index contributed by atoms with van der Waals surface area (Å²) in [6.45, 7) is 0. The topological polar surface area (TPSA) is 60.2 Å². The second-order valence-electron chi connectivity index (χ2n) is 3.04. The smallest absolute Gasteiger partial charge is 0.189 e. The van der Waals surface area contributed by atoms with E-state index in [4.69, 9.17) is 10.5 Å². The number of nitrogens with two attached hydrogens (primary N) is 1. The summed E-state index contributed by atoms with van der Waals surface area (Å²) < 4.78 is 18.4. The highest BCUT2D eigenvalue weighted by Gasteiger charge is 2.06. The van der Waals surface area contributed by atoms with Crippen molar-refractivity contribution in [3.05, 3.63) is 30.2 Å². The fraction of sp³-hybridized carbons (Fsp3) is 0.100. The summed E-state index contributed by atoms with van der Waals surface area (Å²) in [5.74, 6) is 0.211. The normalized spacial score (nSPS) is 10.1. The maximum Gasteiger partial charge on any atom is 0.189 e. The number of benzene rings is 1. The van der Waals surface area contributed by atoms with Crippen LogP contribution in [-0.2, 0) is 0 Å². The Kier molecular flexibility index (Phi) is 2.91. The number of aromatic nitrogens is 1. The van der Waals surface area contributed by atoms with E-state index in [0.29, 0.717) is 21.6 Å². The summed E-state index contributed by atoms with van der Waals surface area (Å²) in [5.41, 5.74) is 5.84. The van der Waals surface area contributed by atoms with Crippen LogP contribution in [0.15, 0.2) is 24.4 Å². The van der Waals surface area contributed by atoms with Crippen LogP contribution in [0.3, 0.4) is 0 Å². The first-order valence-electron chi connectivity index (χ1n) is 4.51. The van der Waals surface area contributed by atoms with Gasteiger partial charge in [-0.1, -0.05) is 11.3 Å². The van der Waals surface area contributed by atoms with Crippen molar-refractivity contribution in [2.45, 2.75) is 0 Å². The Balaban J connectivity index is 2.26. The van der Waals surface area contributed by atoms with E-state index in [9.17, 15) is 4.39 Å². The van der Waals surface area contributed by atoms with Gasteiger partial charge in [-0.2, -0.15) is 0 Å². The van der Waals surface area contributed by atoms with Gasteiger partial charge in [-0.05, 0) is 12.1 Å². The van der Waals surface area contributed by atoms with Gasteiger partial charge in [0.25, 0.3) is 0 Å². The molecule has 0 aliphatic carbocycles. The van der Waals surface area contributed by atoms with Crippen LogP contribution >= 0.6 is 11.3 Å². The predicted molar refractivity (Wildman–Crippen MR) is 62.8 cm³/mol. The SMILES string of the molecule is COc1ccc(F)c(Nc2ncc(N)s2)c1. The lowest BCUT2D eigenvalue weighted by Gasteiger charge is -2.06. The van der Waals surface area contributed by atoms with Crippen molar-refractivity contribution in [3.8, 4) is 5.75 Å². The Hall–Kier alpha value is -1.82. The zero-order chi connectivity index (χ0) is 11.5. The Morgan fingerprint density at radius 2 is 2.31 bits per heavy atom. The number of nitrogens with one attached hydrogen (secondary N) is 1. The molecule has 0 bridgehead atoms. The minimum Gasteiger partial charge on any atom is -0.497 e. The minimum absolute atomic E-state index is 0.314. The molecule has 0 amide bonds. The molecule has 2 rings (SSSR count). The molecule has 2 aromatic rings. The minimum atomic E-state index is -0.366. The number of hydrogen-bond acceptors (Lipinski definition) is 5. The van der Waals surface area contributed by atoms with Crippen LogP contribution in [0.2, 0.25) is 0 Å². The van der Waals surface area contributed by atoms with Crippen molar-refractivity contribution in [1.82, 2.24) is 4.98 Å². The second-order valence-corrected chi connectivity index (χ2v) is 4.10. The molecule has 1 aromatic carbocycles. The summed E-state index contributed by atoms with van der Waals surface area (Å²) in [6, 6.07) is 4.45. The van der Waals surface area contributed by atoms with Crippen molar-refractivity contribution in [2.24, 2.45) is 0 Å². The van der Waals surface area contributed by atoms with Crippen LogP contribution in [0, 0.1) is 5.82 Å². The van der Waals surface area contributed by atoms with Crippen LogP contribution in [-0.4, -0.2) is 12.1 Å². The number of rotatable bonds is 3. The summed E-state index contributed by atoms with van der Waals surface area (Å²) in [7, 11) is 1.53. The molecule has 84 valence electrons. The van der Waals surface area contributed by atoms with E-state index in [2.05, 4.69) is 10.3 Å². The van der Waals surface area contributed by atoms with Gasteiger partial charge >= 0.3 is 0 Å². The van der Waals surface area contributed by atoms with Crippen molar-refractivity contribution in [1.29, 1.82) is 0 Å². The van der Waals surface area contributed by atoms with Crippen LogP contribution in [0.25, 0.3) is 0 Å². The van der Waals surface area contributed by atoms with Crippen molar-refractivity contribution in [2.75, 3.05) is 18.2 Å². The fourth-order valence-electron chi connectivity index (χ4n) is 1.19. The average Bonchev–Trinajstić information content (AvgIpc) is 2.67. The van der Waals surface area contributed by atoms with E-state index < -0.39 is 0 Å². The molecule has 0 unspecified atom stereocenters. The summed E-state index contributed by atoms with van der Waals surface area (Å²) in [4.78, 5) is 3.98. The lowest BCUT2D eigenvalue weighted by molar-refractivity contribution is 0.414. The number of thiazole rings is 1. The molecular weight excluding hydrogens is 229 g/mol. The third kappa shape index (κ3) is 2.22. The van der Waals surface area contributed by atoms with Crippen LogP contribution in [0.4, 0.5) is 20.2 Å². The molecule has 16 heavy (non-hydrogen) atoms.